The number of halogens is 1. The summed E-state index contributed by atoms with van der Waals surface area (Å²) in [5, 5.41) is 0. The van der Waals surface area contributed by atoms with E-state index in [1.807, 2.05) is 0 Å². The van der Waals surface area contributed by atoms with Gasteiger partial charge in [-0.15, -0.1) is 0 Å². The van der Waals surface area contributed by atoms with Crippen molar-refractivity contribution >= 4 is 38.2 Å². The van der Waals surface area contributed by atoms with Gasteiger partial charge >= 0.3 is 0 Å². The molecule has 0 atom stereocenters. The highest BCUT2D eigenvalue weighted by molar-refractivity contribution is 14.1. The average Bonchev–Trinajstić information content (AvgIpc) is 2.40. The molecule has 0 saturated heterocycles. The lowest BCUT2D eigenvalue weighted by Crippen LogP contribution is -2.16. The Labute approximate surface area is 125 Å². The maximum absolute atomic E-state index is 12.1. The zero-order valence-corrected chi connectivity index (χ0v) is 12.9. The molecule has 2 rings (SSSR count). The molecule has 0 N–H and O–H groups in total. The molecular formula is C14H11IO3S. The van der Waals surface area contributed by atoms with Gasteiger partial charge in [0.05, 0.1) is 4.90 Å². The smallest absolute Gasteiger partial charge is 0.185 e. The molecule has 2 aromatic rings. The Morgan fingerprint density at radius 2 is 1.53 bits per heavy atom. The summed E-state index contributed by atoms with van der Waals surface area (Å²) < 4.78 is 25.1. The summed E-state index contributed by atoms with van der Waals surface area (Å²) in [6, 6.07) is 14.9. The van der Waals surface area contributed by atoms with Crippen molar-refractivity contribution in [3.63, 3.8) is 0 Å². The fourth-order valence-corrected chi connectivity index (χ4v) is 3.21. The molecule has 0 spiro atoms. The number of hydrogen-bond donors (Lipinski definition) is 0. The second kappa shape index (κ2) is 5.83. The van der Waals surface area contributed by atoms with E-state index in [-0.39, 0.29) is 10.7 Å². The summed E-state index contributed by atoms with van der Waals surface area (Å²) >= 11 is 2.13. The molecule has 0 radical (unpaired) electrons. The van der Waals surface area contributed by atoms with E-state index in [1.54, 1.807) is 42.5 Å². The highest BCUT2D eigenvalue weighted by Crippen LogP contribution is 2.13. The highest BCUT2D eigenvalue weighted by atomic mass is 127. The van der Waals surface area contributed by atoms with Crippen molar-refractivity contribution < 1.29 is 13.2 Å². The topological polar surface area (TPSA) is 51.2 Å². The van der Waals surface area contributed by atoms with Gasteiger partial charge in [-0.1, -0.05) is 30.3 Å². The van der Waals surface area contributed by atoms with Crippen LogP contribution in [0.2, 0.25) is 0 Å². The van der Waals surface area contributed by atoms with Gasteiger partial charge in [-0.05, 0) is 46.9 Å². The van der Waals surface area contributed by atoms with Gasteiger partial charge in [0.2, 0.25) is 0 Å². The van der Waals surface area contributed by atoms with Gasteiger partial charge < -0.3 is 0 Å². The van der Waals surface area contributed by atoms with E-state index in [9.17, 15) is 13.2 Å². The zero-order chi connectivity index (χ0) is 13.9. The molecule has 19 heavy (non-hydrogen) atoms. The van der Waals surface area contributed by atoms with Crippen LogP contribution in [-0.4, -0.2) is 20.0 Å². The van der Waals surface area contributed by atoms with Gasteiger partial charge in [-0.3, -0.25) is 4.79 Å². The van der Waals surface area contributed by atoms with Crippen LogP contribution in [0.4, 0.5) is 0 Å². The van der Waals surface area contributed by atoms with E-state index in [1.165, 1.54) is 12.1 Å². The molecule has 5 heteroatoms. The highest BCUT2D eigenvalue weighted by Gasteiger charge is 2.19. The van der Waals surface area contributed by atoms with Crippen LogP contribution in [0, 0.1) is 3.57 Å². The number of hydrogen-bond acceptors (Lipinski definition) is 3. The van der Waals surface area contributed by atoms with E-state index in [4.69, 9.17) is 0 Å². The summed E-state index contributed by atoms with van der Waals surface area (Å²) in [7, 11) is -3.57. The van der Waals surface area contributed by atoms with E-state index in [2.05, 4.69) is 22.6 Å². The maximum atomic E-state index is 12.1. The van der Waals surface area contributed by atoms with E-state index in [0.717, 1.165) is 3.57 Å². The van der Waals surface area contributed by atoms with Crippen LogP contribution in [0.15, 0.2) is 59.5 Å². The minimum absolute atomic E-state index is 0.175. The normalized spacial score (nSPS) is 11.2. The third kappa shape index (κ3) is 3.63. The van der Waals surface area contributed by atoms with E-state index < -0.39 is 15.6 Å². The molecule has 2 aromatic carbocycles. The van der Waals surface area contributed by atoms with Crippen molar-refractivity contribution in [2.45, 2.75) is 4.90 Å². The lowest BCUT2D eigenvalue weighted by molar-refractivity contribution is 0.102. The van der Waals surface area contributed by atoms with Gasteiger partial charge in [0.1, 0.15) is 5.75 Å². The van der Waals surface area contributed by atoms with Crippen LogP contribution in [0.1, 0.15) is 10.4 Å². The number of carbonyl (C=O) groups excluding carboxylic acids is 1. The van der Waals surface area contributed by atoms with Crippen molar-refractivity contribution in [2.24, 2.45) is 0 Å². The Balaban J connectivity index is 2.22. The fourth-order valence-electron chi connectivity index (χ4n) is 1.60. The summed E-state index contributed by atoms with van der Waals surface area (Å²) in [6.07, 6.45) is 0. The van der Waals surface area contributed by atoms with Crippen LogP contribution >= 0.6 is 22.6 Å². The Morgan fingerprint density at radius 3 is 2.11 bits per heavy atom. The first-order chi connectivity index (χ1) is 8.99. The third-order valence-corrected chi connectivity index (χ3v) is 4.94. The van der Waals surface area contributed by atoms with Gasteiger partial charge in [0, 0.05) is 9.13 Å². The van der Waals surface area contributed by atoms with Gasteiger partial charge in [-0.2, -0.15) is 0 Å². The predicted octanol–water partition coefficient (Wildman–Crippen LogP) is 2.95. The van der Waals surface area contributed by atoms with Crippen LogP contribution in [0.3, 0.4) is 0 Å². The summed E-state index contributed by atoms with van der Waals surface area (Å²) in [5.41, 5.74) is 0.417. The monoisotopic (exact) mass is 386 g/mol. The minimum atomic E-state index is -3.57. The molecule has 0 heterocycles. The van der Waals surface area contributed by atoms with Gasteiger partial charge in [0.25, 0.3) is 0 Å². The maximum Gasteiger partial charge on any atom is 0.185 e. The van der Waals surface area contributed by atoms with Crippen molar-refractivity contribution in [3.8, 4) is 0 Å². The first kappa shape index (κ1) is 14.2. The molecule has 0 bridgehead atoms. The minimum Gasteiger partial charge on any atom is -0.293 e. The zero-order valence-electron chi connectivity index (χ0n) is 9.91. The molecule has 0 aliphatic carbocycles. The quantitative estimate of drug-likeness (QED) is 0.600. The molecule has 0 amide bonds. The molecule has 3 nitrogen and oxygen atoms in total. The first-order valence-electron chi connectivity index (χ1n) is 5.55. The van der Waals surface area contributed by atoms with Crippen LogP contribution in [-0.2, 0) is 9.84 Å². The number of carbonyl (C=O) groups is 1. The lowest BCUT2D eigenvalue weighted by atomic mass is 10.2. The Morgan fingerprint density at radius 1 is 0.947 bits per heavy atom. The molecule has 0 saturated carbocycles. The van der Waals surface area contributed by atoms with Gasteiger partial charge in [0.15, 0.2) is 15.6 Å². The third-order valence-electron chi connectivity index (χ3n) is 2.59. The predicted molar refractivity (Wildman–Crippen MR) is 82.0 cm³/mol. The molecule has 0 fully saturated rings. The molecule has 0 aliphatic heterocycles. The first-order valence-corrected chi connectivity index (χ1v) is 8.29. The second-order valence-corrected chi connectivity index (χ2v) is 7.24. The number of ketones is 1. The van der Waals surface area contributed by atoms with Crippen molar-refractivity contribution in [3.05, 3.63) is 63.7 Å². The van der Waals surface area contributed by atoms with E-state index >= 15 is 0 Å². The standard InChI is InChI=1S/C14H11IO3S/c15-12-8-6-11(7-9-12)14(16)10-19(17,18)13-4-2-1-3-5-13/h1-9H,10H2. The van der Waals surface area contributed by atoms with Crippen molar-refractivity contribution in [1.82, 2.24) is 0 Å². The van der Waals surface area contributed by atoms with Crippen LogP contribution < -0.4 is 0 Å². The van der Waals surface area contributed by atoms with Crippen LogP contribution in [0.5, 0.6) is 0 Å². The van der Waals surface area contributed by atoms with Crippen molar-refractivity contribution in [1.29, 1.82) is 0 Å². The molecule has 0 unspecified atom stereocenters. The number of rotatable bonds is 4. The molecular weight excluding hydrogens is 375 g/mol. The van der Waals surface area contributed by atoms with E-state index in [0.29, 0.717) is 5.56 Å². The fraction of sp³-hybridized carbons (Fsp3) is 0.0714. The second-order valence-electron chi connectivity index (χ2n) is 4.00. The number of benzene rings is 2. The number of Topliss-reactive ketones (excluding diaryl/α,β-unsaturated/α-hetero) is 1. The largest absolute Gasteiger partial charge is 0.293 e. The summed E-state index contributed by atoms with van der Waals surface area (Å²) in [6.45, 7) is 0. The Bertz CT molecular complexity index is 676. The van der Waals surface area contributed by atoms with Gasteiger partial charge in [-0.25, -0.2) is 8.42 Å². The average molecular weight is 386 g/mol. The molecule has 0 aromatic heterocycles. The van der Waals surface area contributed by atoms with Crippen LogP contribution in [0.25, 0.3) is 0 Å². The summed E-state index contributed by atoms with van der Waals surface area (Å²) in [5.74, 6) is -0.891. The van der Waals surface area contributed by atoms with Crippen molar-refractivity contribution in [2.75, 3.05) is 5.75 Å². The number of sulfone groups is 1. The Hall–Kier alpha value is -1.21. The SMILES string of the molecule is O=C(CS(=O)(=O)c1ccccc1)c1ccc(I)cc1. The molecule has 98 valence electrons. The molecule has 0 aliphatic rings. The Kier molecular flexibility index (Phi) is 4.36. The lowest BCUT2D eigenvalue weighted by Gasteiger charge is -2.04. The summed E-state index contributed by atoms with van der Waals surface area (Å²) in [4.78, 5) is 12.1.